The van der Waals surface area contributed by atoms with E-state index in [9.17, 15) is 44.7 Å². The van der Waals surface area contributed by atoms with Crippen LogP contribution in [0.1, 0.15) is 84.0 Å². The summed E-state index contributed by atoms with van der Waals surface area (Å²) in [5, 5.41) is 8.59. The minimum absolute atomic E-state index is 0.0275. The molecule has 0 unspecified atom stereocenters. The van der Waals surface area contributed by atoms with Crippen LogP contribution < -0.4 is 5.32 Å². The van der Waals surface area contributed by atoms with Crippen LogP contribution in [-0.4, -0.2) is 54.8 Å². The summed E-state index contributed by atoms with van der Waals surface area (Å²) in [5.74, 6) is -4.71. The fourth-order valence-electron chi connectivity index (χ4n) is 6.78. The van der Waals surface area contributed by atoms with Crippen LogP contribution in [0.15, 0.2) is 65.6 Å². The monoisotopic (exact) mass is 773 g/mol. The fourth-order valence-corrected chi connectivity index (χ4v) is 6.78. The molecule has 0 saturated heterocycles. The minimum atomic E-state index is -3.20. The number of nitrogens with zero attached hydrogens (tertiary/aromatic N) is 6. The number of alkyl halides is 4. The van der Waals surface area contributed by atoms with Crippen LogP contribution in [0.2, 0.25) is 0 Å². The number of Topliss-reactive ketones (excluding diaryl/α,β-unsaturated/α-hetero) is 1. The second-order valence-electron chi connectivity index (χ2n) is 13.3. The SMILES string of the molecule is Fc1cccc(F)c1C1(Cc2ncc(-c3nnc(C(F)F)o3)cn2)CCC1.O=C(CNC(=O)C(F)F)c1cnc(CC2(c3c(F)cccc3F)CCC2)nc1. The van der Waals surface area contributed by atoms with Gasteiger partial charge in [-0.1, -0.05) is 25.0 Å². The molecule has 0 aliphatic heterocycles. The number of halogens is 8. The minimum Gasteiger partial charge on any atom is -0.415 e. The van der Waals surface area contributed by atoms with Crippen LogP contribution in [0.25, 0.3) is 11.5 Å². The molecule has 3 heterocycles. The second-order valence-corrected chi connectivity index (χ2v) is 13.3. The summed E-state index contributed by atoms with van der Waals surface area (Å²) in [6.07, 6.45) is 3.73. The maximum Gasteiger partial charge on any atom is 0.315 e. The Morgan fingerprint density at radius 3 is 1.53 bits per heavy atom. The van der Waals surface area contributed by atoms with E-state index in [4.69, 9.17) is 4.42 Å². The van der Waals surface area contributed by atoms with E-state index in [1.54, 1.807) is 0 Å². The molecule has 0 radical (unpaired) electrons. The van der Waals surface area contributed by atoms with Crippen molar-refractivity contribution in [2.45, 2.75) is 75.0 Å². The van der Waals surface area contributed by atoms with Gasteiger partial charge in [0.2, 0.25) is 0 Å². The van der Waals surface area contributed by atoms with Crippen LogP contribution in [0.4, 0.5) is 35.1 Å². The first-order valence-corrected chi connectivity index (χ1v) is 17.0. The molecule has 288 valence electrons. The number of amides is 1. The predicted octanol–water partition coefficient (Wildman–Crippen LogP) is 7.39. The number of rotatable bonds is 12. The van der Waals surface area contributed by atoms with Gasteiger partial charge in [-0.05, 0) is 49.9 Å². The van der Waals surface area contributed by atoms with Crippen LogP contribution in [-0.2, 0) is 28.5 Å². The van der Waals surface area contributed by atoms with Crippen molar-refractivity contribution in [3.63, 3.8) is 0 Å². The summed E-state index contributed by atoms with van der Waals surface area (Å²) in [6.45, 7) is -0.601. The Morgan fingerprint density at radius 1 is 0.691 bits per heavy atom. The average Bonchev–Trinajstić information content (AvgIpc) is 3.63. The second kappa shape index (κ2) is 16.4. The maximum atomic E-state index is 14.3. The van der Waals surface area contributed by atoms with Gasteiger partial charge in [0, 0.05) is 59.6 Å². The number of carbonyl (C=O) groups is 2. The smallest absolute Gasteiger partial charge is 0.315 e. The zero-order valence-corrected chi connectivity index (χ0v) is 28.7. The van der Waals surface area contributed by atoms with Gasteiger partial charge in [0.25, 0.3) is 17.7 Å². The van der Waals surface area contributed by atoms with Gasteiger partial charge >= 0.3 is 12.9 Å². The van der Waals surface area contributed by atoms with Gasteiger partial charge in [0.05, 0.1) is 17.7 Å². The predicted molar refractivity (Wildman–Crippen MR) is 177 cm³/mol. The highest BCUT2D eigenvalue weighted by Crippen LogP contribution is 2.48. The first-order valence-electron chi connectivity index (χ1n) is 17.0. The number of benzene rings is 2. The van der Waals surface area contributed by atoms with Gasteiger partial charge in [-0.3, -0.25) is 9.59 Å². The van der Waals surface area contributed by atoms with Gasteiger partial charge in [-0.15, -0.1) is 10.2 Å². The Kier molecular flexibility index (Phi) is 11.6. The summed E-state index contributed by atoms with van der Waals surface area (Å²) in [7, 11) is 0. The molecule has 18 heteroatoms. The van der Waals surface area contributed by atoms with Crippen LogP contribution in [0, 0.1) is 23.3 Å². The zero-order valence-electron chi connectivity index (χ0n) is 28.7. The van der Waals surface area contributed by atoms with Crippen LogP contribution in [0.3, 0.4) is 0 Å². The number of carbonyl (C=O) groups excluding carboxylic acids is 2. The maximum absolute atomic E-state index is 14.3. The van der Waals surface area contributed by atoms with Crippen LogP contribution in [0.5, 0.6) is 0 Å². The van der Waals surface area contributed by atoms with Gasteiger partial charge in [0.1, 0.15) is 34.9 Å². The number of hydrogen-bond acceptors (Lipinski definition) is 9. The molecule has 2 aromatic carbocycles. The number of ketones is 1. The normalized spacial score (nSPS) is 15.5. The highest BCUT2D eigenvalue weighted by molar-refractivity contribution is 5.99. The molecule has 2 aliphatic carbocycles. The molecule has 1 amide bonds. The molecule has 2 fully saturated rings. The first-order chi connectivity index (χ1) is 26.3. The van der Waals surface area contributed by atoms with E-state index in [1.165, 1.54) is 61.2 Å². The lowest BCUT2D eigenvalue weighted by Gasteiger charge is -2.42. The Balaban J connectivity index is 0.000000187. The van der Waals surface area contributed by atoms with Gasteiger partial charge < -0.3 is 9.73 Å². The molecule has 2 aliphatic rings. The third-order valence-electron chi connectivity index (χ3n) is 9.83. The topological polar surface area (TPSA) is 137 Å². The molecule has 2 saturated carbocycles. The largest absolute Gasteiger partial charge is 0.415 e. The Bertz CT molecular complexity index is 2100. The highest BCUT2D eigenvalue weighted by Gasteiger charge is 2.44. The highest BCUT2D eigenvalue weighted by atomic mass is 19.3. The molecule has 1 N–H and O–H groups in total. The summed E-state index contributed by atoms with van der Waals surface area (Å²) >= 11 is 0. The molecule has 0 spiro atoms. The van der Waals surface area contributed by atoms with E-state index in [-0.39, 0.29) is 41.0 Å². The van der Waals surface area contributed by atoms with Crippen molar-refractivity contribution in [3.8, 4) is 11.5 Å². The van der Waals surface area contributed by atoms with E-state index < -0.39 is 71.1 Å². The first kappa shape index (κ1) is 39.0. The lowest BCUT2D eigenvalue weighted by molar-refractivity contribution is -0.131. The lowest BCUT2D eigenvalue weighted by Crippen LogP contribution is -2.39. The summed E-state index contributed by atoms with van der Waals surface area (Å²) < 4.78 is 111. The molecule has 5 aromatic rings. The van der Waals surface area contributed by atoms with E-state index in [1.807, 2.05) is 5.32 Å². The molecule has 3 aromatic heterocycles. The third-order valence-corrected chi connectivity index (χ3v) is 9.83. The standard InChI is InChI=1S/C19H17F4N3O2.C18H14F4N4O/c20-12-3-1-4-13(21)16(12)19(5-2-6-19)7-15-24-8-11(9-25-15)14(27)10-26-18(28)17(22)23;19-11-3-1-4-12(20)14(11)18(5-2-6-18)7-13-23-8-10(9-24-13)16-25-26-17(27-16)15(21)22/h1,3-4,8-9,17H,2,5-7,10H2,(H,26,28);1,3-4,8-9,15H,2,5-7H2. The molecular weight excluding hydrogens is 742 g/mol. The molecular formula is C37H31F8N7O3. The summed E-state index contributed by atoms with van der Waals surface area (Å²) in [6, 6.07) is 7.58. The molecule has 7 rings (SSSR count). The fraction of sp³-hybridized carbons (Fsp3) is 0.351. The van der Waals surface area contributed by atoms with Gasteiger partial charge in [-0.2, -0.15) is 17.6 Å². The molecule has 10 nitrogen and oxygen atoms in total. The molecule has 0 bridgehead atoms. The van der Waals surface area contributed by atoms with Crippen molar-refractivity contribution >= 4 is 11.7 Å². The van der Waals surface area contributed by atoms with Crippen molar-refractivity contribution < 1.29 is 49.1 Å². The number of nitrogens with one attached hydrogen (secondary N) is 1. The molecule has 55 heavy (non-hydrogen) atoms. The Labute approximate surface area is 307 Å². The Hall–Kier alpha value is -5.68. The number of hydrogen-bond donors (Lipinski definition) is 1. The number of aromatic nitrogens is 6. The van der Waals surface area contributed by atoms with E-state index in [2.05, 4.69) is 30.1 Å². The van der Waals surface area contributed by atoms with Gasteiger partial charge in [-0.25, -0.2) is 37.5 Å². The van der Waals surface area contributed by atoms with Crippen molar-refractivity contribution in [2.24, 2.45) is 0 Å². The van der Waals surface area contributed by atoms with Crippen LogP contribution >= 0.6 is 0 Å². The summed E-state index contributed by atoms with van der Waals surface area (Å²) in [5.41, 5.74) is -0.978. The van der Waals surface area contributed by atoms with Crippen molar-refractivity contribution in [3.05, 3.63) is 119 Å². The lowest BCUT2D eigenvalue weighted by atomic mass is 9.62. The Morgan fingerprint density at radius 2 is 1.15 bits per heavy atom. The summed E-state index contributed by atoms with van der Waals surface area (Å²) in [4.78, 5) is 39.3. The zero-order chi connectivity index (χ0) is 39.3. The quantitative estimate of drug-likeness (QED) is 0.102. The van der Waals surface area contributed by atoms with Crippen molar-refractivity contribution in [1.29, 1.82) is 0 Å². The molecule has 0 atom stereocenters. The van der Waals surface area contributed by atoms with E-state index in [0.717, 1.165) is 12.8 Å². The average molecular weight is 774 g/mol. The van der Waals surface area contributed by atoms with Crippen molar-refractivity contribution in [2.75, 3.05) is 6.54 Å². The van der Waals surface area contributed by atoms with E-state index in [0.29, 0.717) is 37.3 Å². The van der Waals surface area contributed by atoms with Crippen molar-refractivity contribution in [1.82, 2.24) is 35.5 Å². The van der Waals surface area contributed by atoms with Gasteiger partial charge in [0.15, 0.2) is 5.78 Å². The van der Waals surface area contributed by atoms with E-state index >= 15 is 0 Å². The third kappa shape index (κ3) is 8.52.